The fourth-order valence-corrected chi connectivity index (χ4v) is 2.03. The number of rotatable bonds is 2. The second kappa shape index (κ2) is 3.70. The second-order valence-electron chi connectivity index (χ2n) is 3.53. The molecule has 0 saturated heterocycles. The molecule has 0 aliphatic rings. The van der Waals surface area contributed by atoms with Crippen molar-refractivity contribution in [1.29, 1.82) is 0 Å². The molecule has 0 aliphatic carbocycles. The lowest BCUT2D eigenvalue weighted by molar-refractivity contribution is 0.100. The number of halogens is 1. The van der Waals surface area contributed by atoms with Gasteiger partial charge in [0.05, 0.1) is 11.2 Å². The van der Waals surface area contributed by atoms with Crippen LogP contribution in [0.25, 0.3) is 10.9 Å². The Kier molecular flexibility index (Phi) is 2.53. The fourth-order valence-electron chi connectivity index (χ4n) is 1.86. The summed E-state index contributed by atoms with van der Waals surface area (Å²) in [6.45, 7) is 4.38. The number of benzene rings is 1. The summed E-state index contributed by atoms with van der Waals surface area (Å²) in [5, 5.41) is 1.76. The lowest BCUT2D eigenvalue weighted by Crippen LogP contribution is -2.04. The first kappa shape index (κ1) is 10.2. The normalized spacial score (nSPS) is 10.9. The van der Waals surface area contributed by atoms with E-state index in [9.17, 15) is 4.79 Å². The number of aryl methyl sites for hydroxylation is 1. The monoisotopic (exact) mass is 221 g/mol. The molecule has 78 valence electrons. The van der Waals surface area contributed by atoms with Gasteiger partial charge in [-0.05, 0) is 25.1 Å². The van der Waals surface area contributed by atoms with Crippen molar-refractivity contribution in [2.45, 2.75) is 20.4 Å². The largest absolute Gasteiger partial charge is 0.338 e. The van der Waals surface area contributed by atoms with E-state index in [1.54, 1.807) is 6.92 Å². The van der Waals surface area contributed by atoms with Crippen molar-refractivity contribution in [1.82, 2.24) is 4.57 Å². The van der Waals surface area contributed by atoms with E-state index in [0.717, 1.165) is 23.1 Å². The summed E-state index contributed by atoms with van der Waals surface area (Å²) in [5.41, 5.74) is 1.77. The van der Waals surface area contributed by atoms with Crippen LogP contribution < -0.4 is 0 Å². The van der Waals surface area contributed by atoms with Crippen LogP contribution in [0.4, 0.5) is 0 Å². The summed E-state index contributed by atoms with van der Waals surface area (Å²) in [6, 6.07) is 7.59. The molecule has 2 aromatic rings. The highest BCUT2D eigenvalue weighted by Gasteiger charge is 2.10. The molecule has 2 nitrogen and oxygen atoms in total. The van der Waals surface area contributed by atoms with Crippen LogP contribution >= 0.6 is 11.6 Å². The van der Waals surface area contributed by atoms with E-state index >= 15 is 0 Å². The van der Waals surface area contributed by atoms with Gasteiger partial charge < -0.3 is 4.57 Å². The van der Waals surface area contributed by atoms with E-state index in [0.29, 0.717) is 5.02 Å². The fraction of sp³-hybridized carbons (Fsp3) is 0.250. The van der Waals surface area contributed by atoms with Gasteiger partial charge in [-0.3, -0.25) is 4.79 Å². The van der Waals surface area contributed by atoms with Crippen LogP contribution in [0, 0.1) is 0 Å². The SMILES string of the molecule is CCn1c(C(C)=O)cc2ccc(Cl)cc21. The summed E-state index contributed by atoms with van der Waals surface area (Å²) < 4.78 is 1.99. The molecule has 3 heteroatoms. The molecule has 0 aliphatic heterocycles. The van der Waals surface area contributed by atoms with Gasteiger partial charge in [-0.15, -0.1) is 0 Å². The van der Waals surface area contributed by atoms with Gasteiger partial charge in [0.25, 0.3) is 0 Å². The molecule has 0 unspecified atom stereocenters. The standard InChI is InChI=1S/C12H12ClNO/c1-3-14-11(8(2)15)6-9-4-5-10(13)7-12(9)14/h4-7H,3H2,1-2H3. The van der Waals surface area contributed by atoms with Crippen molar-refractivity contribution in [3.8, 4) is 0 Å². The zero-order valence-electron chi connectivity index (χ0n) is 8.75. The summed E-state index contributed by atoms with van der Waals surface area (Å²) in [7, 11) is 0. The number of aromatic nitrogens is 1. The van der Waals surface area contributed by atoms with Gasteiger partial charge in [0.2, 0.25) is 0 Å². The van der Waals surface area contributed by atoms with E-state index in [4.69, 9.17) is 11.6 Å². The van der Waals surface area contributed by atoms with E-state index in [2.05, 4.69) is 0 Å². The van der Waals surface area contributed by atoms with Gasteiger partial charge >= 0.3 is 0 Å². The maximum atomic E-state index is 11.4. The molecule has 1 heterocycles. The van der Waals surface area contributed by atoms with E-state index in [-0.39, 0.29) is 5.78 Å². The third kappa shape index (κ3) is 1.65. The van der Waals surface area contributed by atoms with Crippen LogP contribution in [0.2, 0.25) is 5.02 Å². The van der Waals surface area contributed by atoms with E-state index < -0.39 is 0 Å². The molecule has 1 aromatic heterocycles. The van der Waals surface area contributed by atoms with Crippen LogP contribution in [0.3, 0.4) is 0 Å². The summed E-state index contributed by atoms with van der Waals surface area (Å²) in [6.07, 6.45) is 0. The molecule has 0 amide bonds. The number of nitrogens with zero attached hydrogens (tertiary/aromatic N) is 1. The Morgan fingerprint density at radius 3 is 2.73 bits per heavy atom. The highest BCUT2D eigenvalue weighted by atomic mass is 35.5. The van der Waals surface area contributed by atoms with E-state index in [1.807, 2.05) is 35.8 Å². The van der Waals surface area contributed by atoms with Gasteiger partial charge in [0.1, 0.15) is 0 Å². The van der Waals surface area contributed by atoms with Crippen molar-refractivity contribution in [3.63, 3.8) is 0 Å². The average molecular weight is 222 g/mol. The first-order chi connectivity index (χ1) is 7.13. The first-order valence-electron chi connectivity index (χ1n) is 4.93. The molecule has 0 atom stereocenters. The highest BCUT2D eigenvalue weighted by molar-refractivity contribution is 6.31. The molecular weight excluding hydrogens is 210 g/mol. The predicted octanol–water partition coefficient (Wildman–Crippen LogP) is 3.52. The van der Waals surface area contributed by atoms with Crippen molar-refractivity contribution in [3.05, 3.63) is 35.0 Å². The van der Waals surface area contributed by atoms with E-state index in [1.165, 1.54) is 0 Å². The van der Waals surface area contributed by atoms with Gasteiger partial charge in [-0.2, -0.15) is 0 Å². The van der Waals surface area contributed by atoms with Crippen molar-refractivity contribution < 1.29 is 4.79 Å². The maximum Gasteiger partial charge on any atom is 0.176 e. The lowest BCUT2D eigenvalue weighted by atomic mass is 10.2. The average Bonchev–Trinajstić information content (AvgIpc) is 2.55. The minimum atomic E-state index is 0.0872. The number of fused-ring (bicyclic) bond motifs is 1. The zero-order valence-corrected chi connectivity index (χ0v) is 9.51. The molecule has 15 heavy (non-hydrogen) atoms. The Morgan fingerprint density at radius 2 is 2.13 bits per heavy atom. The number of hydrogen-bond donors (Lipinski definition) is 0. The first-order valence-corrected chi connectivity index (χ1v) is 5.31. The molecule has 0 radical (unpaired) electrons. The molecule has 0 saturated carbocycles. The van der Waals surface area contributed by atoms with Crippen molar-refractivity contribution in [2.24, 2.45) is 0 Å². The van der Waals surface area contributed by atoms with Gasteiger partial charge in [-0.25, -0.2) is 0 Å². The summed E-state index contributed by atoms with van der Waals surface area (Å²) >= 11 is 5.94. The maximum absolute atomic E-state index is 11.4. The summed E-state index contributed by atoms with van der Waals surface area (Å²) in [5.74, 6) is 0.0872. The summed E-state index contributed by atoms with van der Waals surface area (Å²) in [4.78, 5) is 11.4. The molecular formula is C12H12ClNO. The van der Waals surface area contributed by atoms with Gasteiger partial charge in [0, 0.05) is 23.9 Å². The number of Topliss-reactive ketones (excluding diaryl/α,β-unsaturated/α-hetero) is 1. The molecule has 0 fully saturated rings. The molecule has 0 bridgehead atoms. The predicted molar refractivity (Wildman–Crippen MR) is 62.6 cm³/mol. The van der Waals surface area contributed by atoms with Gasteiger partial charge in [-0.1, -0.05) is 17.7 Å². The molecule has 2 rings (SSSR count). The third-order valence-electron chi connectivity index (χ3n) is 2.54. The minimum absolute atomic E-state index is 0.0872. The van der Waals surface area contributed by atoms with Crippen molar-refractivity contribution in [2.75, 3.05) is 0 Å². The number of carbonyl (C=O) groups excluding carboxylic acids is 1. The highest BCUT2D eigenvalue weighted by Crippen LogP contribution is 2.23. The molecule has 0 spiro atoms. The zero-order chi connectivity index (χ0) is 11.0. The topological polar surface area (TPSA) is 22.0 Å². The Labute approximate surface area is 93.5 Å². The van der Waals surface area contributed by atoms with Gasteiger partial charge in [0.15, 0.2) is 5.78 Å². The minimum Gasteiger partial charge on any atom is -0.338 e. The number of carbonyl (C=O) groups is 1. The van der Waals surface area contributed by atoms with Crippen LogP contribution in [0.1, 0.15) is 24.3 Å². The van der Waals surface area contributed by atoms with Crippen LogP contribution in [-0.2, 0) is 6.54 Å². The quantitative estimate of drug-likeness (QED) is 0.712. The van der Waals surface area contributed by atoms with Crippen LogP contribution in [0.5, 0.6) is 0 Å². The number of hydrogen-bond acceptors (Lipinski definition) is 1. The van der Waals surface area contributed by atoms with Crippen molar-refractivity contribution >= 4 is 28.3 Å². The Hall–Kier alpha value is -1.28. The number of ketones is 1. The third-order valence-corrected chi connectivity index (χ3v) is 2.78. The smallest absolute Gasteiger partial charge is 0.176 e. The Balaban J connectivity index is 2.79. The second-order valence-corrected chi connectivity index (χ2v) is 3.97. The lowest BCUT2D eigenvalue weighted by Gasteiger charge is -2.04. The van der Waals surface area contributed by atoms with Crippen LogP contribution in [0.15, 0.2) is 24.3 Å². The van der Waals surface area contributed by atoms with Crippen LogP contribution in [-0.4, -0.2) is 10.4 Å². The molecule has 1 aromatic carbocycles. The Morgan fingerprint density at radius 1 is 1.40 bits per heavy atom. The molecule has 0 N–H and O–H groups in total. The Bertz CT molecular complexity index is 528.